The van der Waals surface area contributed by atoms with E-state index in [1.54, 1.807) is 6.92 Å². The molecule has 4 nitrogen and oxygen atoms in total. The number of hydrogen-bond acceptors (Lipinski definition) is 4. The summed E-state index contributed by atoms with van der Waals surface area (Å²) in [6.07, 6.45) is 4.09. The van der Waals surface area contributed by atoms with Gasteiger partial charge in [-0.25, -0.2) is 4.21 Å². The molecule has 1 rings (SSSR count). The molecule has 2 atom stereocenters. The summed E-state index contributed by atoms with van der Waals surface area (Å²) in [5.41, 5.74) is 0.143. The Balaban J connectivity index is 3.12. The topological polar surface area (TPSA) is 66.1 Å². The van der Waals surface area contributed by atoms with Crippen molar-refractivity contribution >= 4 is 32.3 Å². The minimum absolute atomic E-state index is 0.362. The average molecular weight is 385 g/mol. The molecule has 0 fully saturated rings. The Morgan fingerprint density at radius 2 is 2.22 bits per heavy atom. The maximum atomic E-state index is 12.9. The molecule has 2 unspecified atom stereocenters. The van der Waals surface area contributed by atoms with E-state index in [0.29, 0.717) is 5.56 Å². The van der Waals surface area contributed by atoms with Crippen molar-refractivity contribution in [1.82, 2.24) is 4.98 Å². The monoisotopic (exact) mass is 385 g/mol. The van der Waals surface area contributed by atoms with Crippen LogP contribution in [0.15, 0.2) is 22.7 Å². The van der Waals surface area contributed by atoms with E-state index in [1.165, 1.54) is 30.8 Å². The summed E-state index contributed by atoms with van der Waals surface area (Å²) in [4.78, 5) is 3.64. The average Bonchev–Trinajstić information content (AvgIpc) is 2.27. The van der Waals surface area contributed by atoms with E-state index in [0.717, 1.165) is 22.6 Å². The molecule has 98 valence electrons. The standard InChI is InChI=1S/C10H10F2IN3OS/c1-7(18(2,17)16-6-14)8-3-4-9(15-5-8)10(11,12)13/h3-5,7H,1-2H3. The Hall–Kier alpha value is -0.820. The minimum atomic E-state index is -3.04. The molecule has 0 saturated carbocycles. The predicted octanol–water partition coefficient (Wildman–Crippen LogP) is 3.21. The number of alkyl halides is 3. The van der Waals surface area contributed by atoms with Crippen LogP contribution in [0.2, 0.25) is 0 Å². The zero-order valence-electron chi connectivity index (χ0n) is 9.60. The zero-order chi connectivity index (χ0) is 14.0. The van der Waals surface area contributed by atoms with Gasteiger partial charge in [-0.1, -0.05) is 6.07 Å². The number of rotatable bonds is 3. The molecule has 8 heteroatoms. The van der Waals surface area contributed by atoms with Crippen LogP contribution < -0.4 is 0 Å². The van der Waals surface area contributed by atoms with E-state index in [2.05, 4.69) is 9.35 Å². The van der Waals surface area contributed by atoms with Gasteiger partial charge >= 0.3 is 3.93 Å². The summed E-state index contributed by atoms with van der Waals surface area (Å²) >= 11 is 0.987. The van der Waals surface area contributed by atoms with Crippen molar-refractivity contribution in [2.24, 2.45) is 4.36 Å². The van der Waals surface area contributed by atoms with E-state index in [9.17, 15) is 13.0 Å². The van der Waals surface area contributed by atoms with Gasteiger partial charge in [-0.2, -0.15) is 14.0 Å². The summed E-state index contributed by atoms with van der Waals surface area (Å²) in [7, 11) is -2.73. The van der Waals surface area contributed by atoms with Gasteiger partial charge in [0, 0.05) is 35.0 Å². The molecule has 0 amide bonds. The number of nitriles is 1. The van der Waals surface area contributed by atoms with Crippen LogP contribution in [0.3, 0.4) is 0 Å². The van der Waals surface area contributed by atoms with Crippen LogP contribution in [-0.2, 0) is 13.7 Å². The van der Waals surface area contributed by atoms with Gasteiger partial charge < -0.3 is 0 Å². The van der Waals surface area contributed by atoms with Crippen LogP contribution in [0.1, 0.15) is 23.4 Å². The maximum absolute atomic E-state index is 12.9. The van der Waals surface area contributed by atoms with Gasteiger partial charge in [-0.05, 0) is 18.6 Å². The van der Waals surface area contributed by atoms with Gasteiger partial charge in [0.25, 0.3) is 0 Å². The van der Waals surface area contributed by atoms with Crippen molar-refractivity contribution in [2.45, 2.75) is 16.1 Å². The van der Waals surface area contributed by atoms with Gasteiger partial charge in [0.2, 0.25) is 6.19 Å². The van der Waals surface area contributed by atoms with Gasteiger partial charge in [-0.3, -0.25) is 4.98 Å². The van der Waals surface area contributed by atoms with Crippen molar-refractivity contribution in [3.05, 3.63) is 29.6 Å². The van der Waals surface area contributed by atoms with Crippen LogP contribution in [0.5, 0.6) is 0 Å². The molecule has 0 aliphatic carbocycles. The number of halogens is 3. The van der Waals surface area contributed by atoms with Crippen molar-refractivity contribution in [1.29, 1.82) is 5.26 Å². The molecular weight excluding hydrogens is 375 g/mol. The van der Waals surface area contributed by atoms with Gasteiger partial charge in [0.15, 0.2) is 0 Å². The lowest BCUT2D eigenvalue weighted by molar-refractivity contribution is 0.122. The number of nitrogens with zero attached hydrogens (tertiary/aromatic N) is 3. The summed E-state index contributed by atoms with van der Waals surface area (Å²) < 4.78 is 38.2. The molecule has 0 saturated heterocycles. The van der Waals surface area contributed by atoms with E-state index >= 15 is 0 Å². The van der Waals surface area contributed by atoms with Crippen molar-refractivity contribution in [3.63, 3.8) is 0 Å². The SMILES string of the molecule is CC(c1ccc(C(F)(F)I)nc1)S(C)(=O)=NC#N. The number of aromatic nitrogens is 1. The first kappa shape index (κ1) is 15.2. The van der Waals surface area contributed by atoms with Crippen LogP contribution in [-0.4, -0.2) is 15.4 Å². The van der Waals surface area contributed by atoms with E-state index in [1.807, 2.05) is 0 Å². The van der Waals surface area contributed by atoms with Crippen molar-refractivity contribution in [2.75, 3.05) is 6.26 Å². The first-order valence-corrected chi connectivity index (χ1v) is 7.87. The third-order valence-corrected chi connectivity index (χ3v) is 5.01. The Morgan fingerprint density at radius 1 is 1.61 bits per heavy atom. The number of pyridine rings is 1. The maximum Gasteiger partial charge on any atom is 0.337 e. The second-order valence-electron chi connectivity index (χ2n) is 3.67. The fourth-order valence-electron chi connectivity index (χ4n) is 1.23. The molecule has 0 aliphatic rings. The highest BCUT2D eigenvalue weighted by atomic mass is 127. The molecule has 0 aromatic carbocycles. The first-order valence-electron chi connectivity index (χ1n) is 4.80. The molecule has 0 aliphatic heterocycles. The van der Waals surface area contributed by atoms with E-state index in [4.69, 9.17) is 5.26 Å². The molecule has 1 aromatic rings. The zero-order valence-corrected chi connectivity index (χ0v) is 12.6. The normalized spacial score (nSPS) is 16.4. The van der Waals surface area contributed by atoms with Crippen molar-refractivity contribution in [3.8, 4) is 6.19 Å². The highest BCUT2D eigenvalue weighted by Gasteiger charge is 2.28. The summed E-state index contributed by atoms with van der Waals surface area (Å²) in [5, 5.41) is 7.88. The summed E-state index contributed by atoms with van der Waals surface area (Å²) in [6.45, 7) is 1.61. The van der Waals surface area contributed by atoms with Gasteiger partial charge in [-0.15, -0.1) is 4.36 Å². The Kier molecular flexibility index (Phi) is 4.61. The Morgan fingerprint density at radius 3 is 2.61 bits per heavy atom. The summed E-state index contributed by atoms with van der Waals surface area (Å²) in [6, 6.07) is 2.61. The van der Waals surface area contributed by atoms with Gasteiger partial charge in [0.1, 0.15) is 5.69 Å². The molecule has 1 heterocycles. The lowest BCUT2D eigenvalue weighted by Crippen LogP contribution is -2.10. The van der Waals surface area contributed by atoms with E-state index < -0.39 is 18.9 Å². The highest BCUT2D eigenvalue weighted by molar-refractivity contribution is 14.1. The Bertz CT molecular complexity index is 583. The molecule has 0 bridgehead atoms. The smallest absolute Gasteiger partial charge is 0.254 e. The molecule has 18 heavy (non-hydrogen) atoms. The molecule has 0 N–H and O–H groups in total. The quantitative estimate of drug-likeness (QED) is 0.456. The fraction of sp³-hybridized carbons (Fsp3) is 0.400. The second kappa shape index (κ2) is 5.44. The Labute approximate surface area is 118 Å². The van der Waals surface area contributed by atoms with Crippen LogP contribution in [0, 0.1) is 11.5 Å². The predicted molar refractivity (Wildman–Crippen MR) is 72.7 cm³/mol. The third-order valence-electron chi connectivity index (χ3n) is 2.42. The number of hydrogen-bond donors (Lipinski definition) is 0. The largest absolute Gasteiger partial charge is 0.337 e. The third kappa shape index (κ3) is 3.58. The van der Waals surface area contributed by atoms with Gasteiger partial charge in [0.05, 0.1) is 15.0 Å². The molecule has 0 spiro atoms. The fourth-order valence-corrected chi connectivity index (χ4v) is 2.51. The van der Waals surface area contributed by atoms with Crippen LogP contribution in [0.4, 0.5) is 8.78 Å². The molecule has 1 aromatic heterocycles. The first-order chi connectivity index (χ1) is 8.18. The molecule has 0 radical (unpaired) electrons. The lowest BCUT2D eigenvalue weighted by atomic mass is 10.2. The molecular formula is C10H10F2IN3OS. The lowest BCUT2D eigenvalue weighted by Gasteiger charge is -2.13. The van der Waals surface area contributed by atoms with Crippen molar-refractivity contribution < 1.29 is 13.0 Å². The van der Waals surface area contributed by atoms with Crippen LogP contribution >= 0.6 is 22.6 Å². The highest BCUT2D eigenvalue weighted by Crippen LogP contribution is 2.34. The van der Waals surface area contributed by atoms with E-state index in [-0.39, 0.29) is 5.69 Å². The van der Waals surface area contributed by atoms with Crippen LogP contribution in [0.25, 0.3) is 0 Å². The minimum Gasteiger partial charge on any atom is -0.254 e. The second-order valence-corrected chi connectivity index (χ2v) is 7.64. The summed E-state index contributed by atoms with van der Waals surface area (Å²) in [5.74, 6) is 0.